The molecule has 1 aliphatic heterocycles. The topological polar surface area (TPSA) is 35.5 Å². The molecule has 0 amide bonds. The van der Waals surface area contributed by atoms with Gasteiger partial charge in [0.25, 0.3) is 0 Å². The van der Waals surface area contributed by atoms with Gasteiger partial charge in [0.1, 0.15) is 18.2 Å². The van der Waals surface area contributed by atoms with Crippen LogP contribution in [0.4, 0.5) is 8.78 Å². The first-order valence-corrected chi connectivity index (χ1v) is 6.45. The number of hydrogen-bond donors (Lipinski definition) is 0. The molecule has 2 aromatic rings. The monoisotopic (exact) mass is 290 g/mol. The molecular weight excluding hydrogens is 278 g/mol. The van der Waals surface area contributed by atoms with E-state index in [-0.39, 0.29) is 12.2 Å². The maximum absolute atomic E-state index is 14.0. The highest BCUT2D eigenvalue weighted by molar-refractivity contribution is 6.00. The summed E-state index contributed by atoms with van der Waals surface area (Å²) >= 11 is 0. The molecule has 1 aliphatic rings. The van der Waals surface area contributed by atoms with E-state index in [2.05, 4.69) is 0 Å². The summed E-state index contributed by atoms with van der Waals surface area (Å²) in [5, 5.41) is 0. The normalized spacial score (nSPS) is 16.6. The summed E-state index contributed by atoms with van der Waals surface area (Å²) in [5.41, 5.74) is -0.375. The zero-order chi connectivity index (χ0) is 15.0. The van der Waals surface area contributed by atoms with E-state index < -0.39 is 29.1 Å². The molecule has 0 radical (unpaired) electrons. The zero-order valence-corrected chi connectivity index (χ0v) is 11.2. The highest BCUT2D eigenvalue weighted by Crippen LogP contribution is 2.32. The number of fused-ring (bicyclic) bond motifs is 1. The number of aryl methyl sites for hydroxylation is 1. The van der Waals surface area contributed by atoms with Gasteiger partial charge < -0.3 is 9.47 Å². The molecule has 108 valence electrons. The van der Waals surface area contributed by atoms with Gasteiger partial charge in [-0.05, 0) is 30.7 Å². The highest BCUT2D eigenvalue weighted by atomic mass is 19.1. The van der Waals surface area contributed by atoms with Gasteiger partial charge in [0.05, 0.1) is 5.56 Å². The van der Waals surface area contributed by atoms with Crippen molar-refractivity contribution >= 4 is 5.78 Å². The molecule has 3 rings (SSSR count). The largest absolute Gasteiger partial charge is 0.485 e. The minimum atomic E-state index is -1.06. The van der Waals surface area contributed by atoms with Crippen LogP contribution in [-0.2, 0) is 0 Å². The molecular formula is C16H12F2O3. The number of halogens is 2. The van der Waals surface area contributed by atoms with Crippen molar-refractivity contribution in [2.75, 3.05) is 6.61 Å². The van der Waals surface area contributed by atoms with E-state index in [4.69, 9.17) is 9.47 Å². The standard InChI is InChI=1S/C16H12F2O3/c1-9-6-7-10(17)14(15(9)18)16(19)13-8-20-11-4-2-3-5-12(11)21-13/h2-7,13H,8H2,1H3. The van der Waals surface area contributed by atoms with Gasteiger partial charge >= 0.3 is 0 Å². The first kappa shape index (κ1) is 13.5. The van der Waals surface area contributed by atoms with Gasteiger partial charge in [-0.3, -0.25) is 4.79 Å². The van der Waals surface area contributed by atoms with Gasteiger partial charge in [-0.2, -0.15) is 0 Å². The number of para-hydroxylation sites is 2. The molecule has 1 heterocycles. The minimum Gasteiger partial charge on any atom is -0.485 e. The number of rotatable bonds is 2. The molecule has 0 saturated carbocycles. The predicted octanol–water partition coefficient (Wildman–Crippen LogP) is 3.30. The Kier molecular flexibility index (Phi) is 3.33. The number of ether oxygens (including phenoxy) is 2. The lowest BCUT2D eigenvalue weighted by atomic mass is 10.0. The van der Waals surface area contributed by atoms with Gasteiger partial charge in [-0.1, -0.05) is 18.2 Å². The van der Waals surface area contributed by atoms with Crippen molar-refractivity contribution in [1.29, 1.82) is 0 Å². The third kappa shape index (κ3) is 2.35. The molecule has 0 fully saturated rings. The molecule has 2 aromatic carbocycles. The molecule has 5 heteroatoms. The summed E-state index contributed by atoms with van der Waals surface area (Å²) in [6.07, 6.45) is -1.06. The van der Waals surface area contributed by atoms with Gasteiger partial charge in [-0.15, -0.1) is 0 Å². The maximum atomic E-state index is 14.0. The van der Waals surface area contributed by atoms with E-state index in [1.165, 1.54) is 13.0 Å². The highest BCUT2D eigenvalue weighted by Gasteiger charge is 2.32. The lowest BCUT2D eigenvalue weighted by Gasteiger charge is -2.25. The van der Waals surface area contributed by atoms with Gasteiger partial charge in [0.15, 0.2) is 17.6 Å². The molecule has 1 atom stereocenters. The van der Waals surface area contributed by atoms with Crippen molar-refractivity contribution in [3.63, 3.8) is 0 Å². The maximum Gasteiger partial charge on any atom is 0.212 e. The van der Waals surface area contributed by atoms with Crippen molar-refractivity contribution in [2.45, 2.75) is 13.0 Å². The van der Waals surface area contributed by atoms with Crippen LogP contribution in [0.2, 0.25) is 0 Å². The van der Waals surface area contributed by atoms with Crippen LogP contribution in [0.3, 0.4) is 0 Å². The average molecular weight is 290 g/mol. The van der Waals surface area contributed by atoms with Crippen LogP contribution in [0.1, 0.15) is 15.9 Å². The summed E-state index contributed by atoms with van der Waals surface area (Å²) in [4.78, 5) is 12.3. The van der Waals surface area contributed by atoms with Crippen molar-refractivity contribution < 1.29 is 23.0 Å². The van der Waals surface area contributed by atoms with Crippen LogP contribution in [0.5, 0.6) is 11.5 Å². The predicted molar refractivity (Wildman–Crippen MR) is 71.8 cm³/mol. The molecule has 21 heavy (non-hydrogen) atoms. The Bertz CT molecular complexity index is 713. The molecule has 1 unspecified atom stereocenters. The van der Waals surface area contributed by atoms with Crippen LogP contribution in [0.15, 0.2) is 36.4 Å². The Morgan fingerprint density at radius 1 is 1.14 bits per heavy atom. The van der Waals surface area contributed by atoms with Gasteiger partial charge in [-0.25, -0.2) is 8.78 Å². The second kappa shape index (κ2) is 5.16. The van der Waals surface area contributed by atoms with Crippen LogP contribution < -0.4 is 9.47 Å². The Balaban J connectivity index is 1.93. The minimum absolute atomic E-state index is 0.0807. The Labute approximate surface area is 120 Å². The summed E-state index contributed by atoms with van der Waals surface area (Å²) in [6, 6.07) is 9.19. The van der Waals surface area contributed by atoms with Crippen molar-refractivity contribution in [1.82, 2.24) is 0 Å². The first-order chi connectivity index (χ1) is 10.1. The lowest BCUT2D eigenvalue weighted by Crippen LogP contribution is -2.37. The van der Waals surface area contributed by atoms with Crippen molar-refractivity contribution in [3.05, 3.63) is 59.2 Å². The van der Waals surface area contributed by atoms with Crippen LogP contribution in [0, 0.1) is 18.6 Å². The lowest BCUT2D eigenvalue weighted by molar-refractivity contribution is 0.0577. The summed E-state index contributed by atoms with van der Waals surface area (Å²) in [5.74, 6) is -1.63. The zero-order valence-electron chi connectivity index (χ0n) is 11.2. The number of Topliss-reactive ketones (excluding diaryl/α,β-unsaturated/α-hetero) is 1. The summed E-state index contributed by atoms with van der Waals surface area (Å²) in [7, 11) is 0. The van der Waals surface area contributed by atoms with E-state index in [1.807, 2.05) is 0 Å². The number of carbonyl (C=O) groups excluding carboxylic acids is 1. The van der Waals surface area contributed by atoms with Crippen molar-refractivity contribution in [3.8, 4) is 11.5 Å². The third-order valence-electron chi connectivity index (χ3n) is 3.33. The Hall–Kier alpha value is -2.43. The molecule has 0 bridgehead atoms. The second-order valence-electron chi connectivity index (χ2n) is 4.78. The quantitative estimate of drug-likeness (QED) is 0.796. The van der Waals surface area contributed by atoms with Crippen LogP contribution >= 0.6 is 0 Å². The Morgan fingerprint density at radius 3 is 2.62 bits per heavy atom. The molecule has 3 nitrogen and oxygen atoms in total. The number of ketones is 1. The van der Waals surface area contributed by atoms with Gasteiger partial charge in [0.2, 0.25) is 5.78 Å². The van der Waals surface area contributed by atoms with Crippen LogP contribution in [-0.4, -0.2) is 18.5 Å². The fraction of sp³-hybridized carbons (Fsp3) is 0.188. The van der Waals surface area contributed by atoms with E-state index in [0.29, 0.717) is 11.5 Å². The smallest absolute Gasteiger partial charge is 0.212 e. The number of carbonyl (C=O) groups is 1. The van der Waals surface area contributed by atoms with E-state index in [1.54, 1.807) is 24.3 Å². The summed E-state index contributed by atoms with van der Waals surface area (Å²) < 4.78 is 38.7. The summed E-state index contributed by atoms with van der Waals surface area (Å²) in [6.45, 7) is 1.39. The number of benzene rings is 2. The van der Waals surface area contributed by atoms with Gasteiger partial charge in [0, 0.05) is 0 Å². The first-order valence-electron chi connectivity index (χ1n) is 6.45. The Morgan fingerprint density at radius 2 is 1.86 bits per heavy atom. The fourth-order valence-electron chi connectivity index (χ4n) is 2.19. The molecule has 0 saturated heterocycles. The third-order valence-corrected chi connectivity index (χ3v) is 3.33. The second-order valence-corrected chi connectivity index (χ2v) is 4.78. The SMILES string of the molecule is Cc1ccc(F)c(C(=O)C2COc3ccccc3O2)c1F. The molecule has 0 spiro atoms. The molecule has 0 aliphatic carbocycles. The van der Waals surface area contributed by atoms with E-state index in [9.17, 15) is 13.6 Å². The van der Waals surface area contributed by atoms with E-state index >= 15 is 0 Å². The number of hydrogen-bond acceptors (Lipinski definition) is 3. The van der Waals surface area contributed by atoms with Crippen LogP contribution in [0.25, 0.3) is 0 Å². The molecule has 0 aromatic heterocycles. The molecule has 0 N–H and O–H groups in total. The van der Waals surface area contributed by atoms with Crippen molar-refractivity contribution in [2.24, 2.45) is 0 Å². The fourth-order valence-corrected chi connectivity index (χ4v) is 2.19. The van der Waals surface area contributed by atoms with E-state index in [0.717, 1.165) is 6.07 Å². The average Bonchev–Trinajstić information content (AvgIpc) is 2.51.